The number of hydrogen-bond donors (Lipinski definition) is 1. The molecule has 4 nitrogen and oxygen atoms in total. The first-order valence-corrected chi connectivity index (χ1v) is 5.91. The van der Waals surface area contributed by atoms with Crippen molar-refractivity contribution in [2.75, 3.05) is 18.4 Å². The molecule has 2 amide bonds. The fourth-order valence-corrected chi connectivity index (χ4v) is 1.97. The highest BCUT2D eigenvalue weighted by Crippen LogP contribution is 2.18. The molecular formula is C13H14FN3O. The molecule has 18 heavy (non-hydrogen) atoms. The minimum absolute atomic E-state index is 0.0301. The lowest BCUT2D eigenvalue weighted by Crippen LogP contribution is -2.40. The number of likely N-dealkylation sites (tertiary alicyclic amines) is 1. The van der Waals surface area contributed by atoms with Gasteiger partial charge in [-0.1, -0.05) is 12.1 Å². The number of carbonyl (C=O) groups excluding carboxylic acids is 1. The number of piperidine rings is 1. The zero-order valence-electron chi connectivity index (χ0n) is 9.90. The molecule has 94 valence electrons. The summed E-state index contributed by atoms with van der Waals surface area (Å²) < 4.78 is 13.4. The number of hydrogen-bond acceptors (Lipinski definition) is 2. The van der Waals surface area contributed by atoms with E-state index in [-0.39, 0.29) is 17.6 Å². The molecule has 1 fully saturated rings. The van der Waals surface area contributed by atoms with Crippen molar-refractivity contribution in [1.29, 1.82) is 5.26 Å². The van der Waals surface area contributed by atoms with E-state index in [9.17, 15) is 9.18 Å². The van der Waals surface area contributed by atoms with Crippen molar-refractivity contribution in [3.63, 3.8) is 0 Å². The first-order chi connectivity index (χ1) is 8.70. The summed E-state index contributed by atoms with van der Waals surface area (Å²) in [6, 6.07) is 7.96. The third-order valence-electron chi connectivity index (χ3n) is 3.08. The summed E-state index contributed by atoms with van der Waals surface area (Å²) in [4.78, 5) is 13.5. The zero-order valence-corrected chi connectivity index (χ0v) is 9.90. The average molecular weight is 247 g/mol. The van der Waals surface area contributed by atoms with Crippen molar-refractivity contribution in [1.82, 2.24) is 4.90 Å². The Labute approximate surface area is 105 Å². The monoisotopic (exact) mass is 247 g/mol. The van der Waals surface area contributed by atoms with Crippen LogP contribution in [0.25, 0.3) is 0 Å². The Balaban J connectivity index is 1.94. The van der Waals surface area contributed by atoms with Gasteiger partial charge in [-0.15, -0.1) is 0 Å². The van der Waals surface area contributed by atoms with Crippen LogP contribution in [-0.4, -0.2) is 24.0 Å². The summed E-state index contributed by atoms with van der Waals surface area (Å²) in [7, 11) is 0. The van der Waals surface area contributed by atoms with Crippen LogP contribution in [0.3, 0.4) is 0 Å². The van der Waals surface area contributed by atoms with Crippen LogP contribution in [0, 0.1) is 23.1 Å². The van der Waals surface area contributed by atoms with Crippen LogP contribution in [0.4, 0.5) is 14.9 Å². The van der Waals surface area contributed by atoms with E-state index in [4.69, 9.17) is 5.26 Å². The van der Waals surface area contributed by atoms with Crippen LogP contribution in [-0.2, 0) is 0 Å². The van der Waals surface area contributed by atoms with E-state index in [0.717, 1.165) is 0 Å². The quantitative estimate of drug-likeness (QED) is 0.829. The van der Waals surface area contributed by atoms with E-state index in [2.05, 4.69) is 11.4 Å². The van der Waals surface area contributed by atoms with Gasteiger partial charge in [-0.2, -0.15) is 5.26 Å². The fourth-order valence-electron chi connectivity index (χ4n) is 1.97. The summed E-state index contributed by atoms with van der Waals surface area (Å²) in [5.41, 5.74) is 0.185. The highest BCUT2D eigenvalue weighted by atomic mass is 19.1. The van der Waals surface area contributed by atoms with Crippen LogP contribution in [0.1, 0.15) is 12.8 Å². The average Bonchev–Trinajstić information content (AvgIpc) is 2.41. The van der Waals surface area contributed by atoms with Crippen molar-refractivity contribution in [3.05, 3.63) is 30.1 Å². The van der Waals surface area contributed by atoms with E-state index in [1.807, 2.05) is 0 Å². The summed E-state index contributed by atoms with van der Waals surface area (Å²) in [5.74, 6) is -0.416. The highest BCUT2D eigenvalue weighted by molar-refractivity contribution is 5.89. The Bertz CT molecular complexity index is 475. The van der Waals surface area contributed by atoms with Gasteiger partial charge < -0.3 is 10.2 Å². The van der Waals surface area contributed by atoms with Gasteiger partial charge in [0.2, 0.25) is 0 Å². The lowest BCUT2D eigenvalue weighted by molar-refractivity contribution is 0.192. The number of nitrogens with zero attached hydrogens (tertiary/aromatic N) is 2. The van der Waals surface area contributed by atoms with Gasteiger partial charge >= 0.3 is 6.03 Å². The van der Waals surface area contributed by atoms with E-state index in [1.165, 1.54) is 12.1 Å². The smallest absolute Gasteiger partial charge is 0.321 e. The maximum Gasteiger partial charge on any atom is 0.321 e. The molecule has 0 aromatic heterocycles. The Morgan fingerprint density at radius 2 is 2.06 bits per heavy atom. The summed E-state index contributed by atoms with van der Waals surface area (Å²) in [5, 5.41) is 11.3. The number of nitriles is 1. The molecule has 1 saturated heterocycles. The van der Waals surface area contributed by atoms with Crippen LogP contribution >= 0.6 is 0 Å². The summed E-state index contributed by atoms with van der Waals surface area (Å²) >= 11 is 0. The second-order valence-corrected chi connectivity index (χ2v) is 4.30. The number of halogens is 1. The predicted octanol–water partition coefficient (Wildman–Crippen LogP) is 2.59. The van der Waals surface area contributed by atoms with Crippen molar-refractivity contribution in [3.8, 4) is 6.07 Å². The van der Waals surface area contributed by atoms with Crippen molar-refractivity contribution >= 4 is 11.7 Å². The van der Waals surface area contributed by atoms with Gasteiger partial charge in [-0.3, -0.25) is 0 Å². The van der Waals surface area contributed by atoms with Crippen LogP contribution < -0.4 is 5.32 Å². The zero-order chi connectivity index (χ0) is 13.0. The number of nitrogens with one attached hydrogen (secondary N) is 1. The standard InChI is InChI=1S/C13H14FN3O/c14-11-3-1-2-4-12(11)16-13(18)17-7-5-10(9-15)6-8-17/h1-4,10H,5-8H2,(H,16,18). The minimum Gasteiger partial charge on any atom is -0.324 e. The lowest BCUT2D eigenvalue weighted by Gasteiger charge is -2.29. The number of amides is 2. The molecule has 0 bridgehead atoms. The topological polar surface area (TPSA) is 56.1 Å². The summed E-state index contributed by atoms with van der Waals surface area (Å²) in [6.07, 6.45) is 1.36. The van der Waals surface area contributed by atoms with E-state index >= 15 is 0 Å². The van der Waals surface area contributed by atoms with E-state index in [0.29, 0.717) is 25.9 Å². The van der Waals surface area contributed by atoms with Gasteiger partial charge in [-0.25, -0.2) is 9.18 Å². The van der Waals surface area contributed by atoms with Gasteiger partial charge in [-0.05, 0) is 25.0 Å². The Hall–Kier alpha value is -2.09. The molecule has 1 heterocycles. The number of rotatable bonds is 1. The molecular weight excluding hydrogens is 233 g/mol. The second kappa shape index (κ2) is 5.50. The SMILES string of the molecule is N#CC1CCN(C(=O)Nc2ccccc2F)CC1. The van der Waals surface area contributed by atoms with Gasteiger partial charge in [0.05, 0.1) is 11.8 Å². The molecule has 1 N–H and O–H groups in total. The van der Waals surface area contributed by atoms with Gasteiger partial charge in [0.15, 0.2) is 0 Å². The molecule has 5 heteroatoms. The second-order valence-electron chi connectivity index (χ2n) is 4.30. The van der Waals surface area contributed by atoms with E-state index in [1.54, 1.807) is 17.0 Å². The molecule has 0 unspecified atom stereocenters. The number of benzene rings is 1. The van der Waals surface area contributed by atoms with Gasteiger partial charge in [0, 0.05) is 19.0 Å². The normalized spacial score (nSPS) is 16.1. The lowest BCUT2D eigenvalue weighted by atomic mass is 9.99. The van der Waals surface area contributed by atoms with Gasteiger partial charge in [0.25, 0.3) is 0 Å². The summed E-state index contributed by atoms with van der Waals surface area (Å²) in [6.45, 7) is 1.08. The van der Waals surface area contributed by atoms with E-state index < -0.39 is 5.82 Å². The minimum atomic E-state index is -0.447. The molecule has 0 atom stereocenters. The van der Waals surface area contributed by atoms with Crippen LogP contribution in [0.15, 0.2) is 24.3 Å². The van der Waals surface area contributed by atoms with Crippen molar-refractivity contribution < 1.29 is 9.18 Å². The Morgan fingerprint density at radius 1 is 1.39 bits per heavy atom. The maximum atomic E-state index is 13.4. The predicted molar refractivity (Wildman–Crippen MR) is 65.3 cm³/mol. The molecule has 2 rings (SSSR count). The molecule has 0 aliphatic carbocycles. The Morgan fingerprint density at radius 3 is 2.67 bits per heavy atom. The number of urea groups is 1. The fraction of sp³-hybridized carbons (Fsp3) is 0.385. The van der Waals surface area contributed by atoms with Crippen LogP contribution in [0.5, 0.6) is 0 Å². The molecule has 1 aromatic carbocycles. The highest BCUT2D eigenvalue weighted by Gasteiger charge is 2.22. The first-order valence-electron chi connectivity index (χ1n) is 5.91. The maximum absolute atomic E-state index is 13.4. The Kier molecular flexibility index (Phi) is 3.78. The molecule has 0 spiro atoms. The third kappa shape index (κ3) is 2.77. The van der Waals surface area contributed by atoms with Crippen molar-refractivity contribution in [2.24, 2.45) is 5.92 Å². The number of para-hydroxylation sites is 1. The number of anilines is 1. The van der Waals surface area contributed by atoms with Crippen LogP contribution in [0.2, 0.25) is 0 Å². The van der Waals surface area contributed by atoms with Crippen molar-refractivity contribution in [2.45, 2.75) is 12.8 Å². The first kappa shape index (κ1) is 12.4. The largest absolute Gasteiger partial charge is 0.324 e. The molecule has 1 aliphatic heterocycles. The molecule has 1 aromatic rings. The van der Waals surface area contributed by atoms with Gasteiger partial charge in [0.1, 0.15) is 5.82 Å². The molecule has 0 saturated carbocycles. The molecule has 0 radical (unpaired) electrons. The molecule has 1 aliphatic rings. The third-order valence-corrected chi connectivity index (χ3v) is 3.08. The number of carbonyl (C=O) groups is 1.